The summed E-state index contributed by atoms with van der Waals surface area (Å²) in [5, 5.41) is 9.78. The minimum absolute atomic E-state index is 0.512. The van der Waals surface area contributed by atoms with Gasteiger partial charge in [0.05, 0.1) is 5.41 Å². The molecule has 0 aromatic rings. The molecule has 1 aliphatic heterocycles. The van der Waals surface area contributed by atoms with Crippen LogP contribution in [-0.4, -0.2) is 60.1 Å². The van der Waals surface area contributed by atoms with Crippen LogP contribution < -0.4 is 0 Å². The van der Waals surface area contributed by atoms with Crippen LogP contribution in [0, 0.1) is 11.3 Å². The Bertz CT molecular complexity index is 361. The highest BCUT2D eigenvalue weighted by Crippen LogP contribution is 2.40. The maximum absolute atomic E-state index is 11.9. The highest BCUT2D eigenvalue weighted by Gasteiger charge is 2.43. The molecular weight excluding hydrogens is 264 g/mol. The van der Waals surface area contributed by atoms with Gasteiger partial charge in [-0.2, -0.15) is 0 Å². The van der Waals surface area contributed by atoms with Gasteiger partial charge in [-0.25, -0.2) is 0 Å². The summed E-state index contributed by atoms with van der Waals surface area (Å²) in [5.41, 5.74) is -0.512. The molecule has 3 atom stereocenters. The maximum atomic E-state index is 11.9. The molecule has 4 nitrogen and oxygen atoms in total. The topological polar surface area (TPSA) is 43.8 Å². The molecule has 0 aromatic carbocycles. The van der Waals surface area contributed by atoms with E-state index in [0.717, 1.165) is 32.4 Å². The number of hydrogen-bond acceptors (Lipinski definition) is 3. The molecule has 2 fully saturated rings. The lowest BCUT2D eigenvalue weighted by Gasteiger charge is -2.40. The Hall–Kier alpha value is -0.610. The van der Waals surface area contributed by atoms with E-state index in [4.69, 9.17) is 0 Å². The molecular formula is C17H32N2O2. The maximum Gasteiger partial charge on any atom is 0.310 e. The Labute approximate surface area is 129 Å². The van der Waals surface area contributed by atoms with Gasteiger partial charge < -0.3 is 10.0 Å². The molecule has 1 heterocycles. The summed E-state index contributed by atoms with van der Waals surface area (Å²) in [4.78, 5) is 16.7. The van der Waals surface area contributed by atoms with Crippen molar-refractivity contribution in [2.75, 3.05) is 33.2 Å². The minimum atomic E-state index is -0.584. The van der Waals surface area contributed by atoms with Crippen LogP contribution in [0.15, 0.2) is 0 Å². The lowest BCUT2D eigenvalue weighted by molar-refractivity contribution is -0.153. The minimum Gasteiger partial charge on any atom is -0.481 e. The summed E-state index contributed by atoms with van der Waals surface area (Å²) in [6.07, 6.45) is 6.48. The summed E-state index contributed by atoms with van der Waals surface area (Å²) in [6.45, 7) is 8.46. The van der Waals surface area contributed by atoms with Crippen LogP contribution in [0.25, 0.3) is 0 Å². The van der Waals surface area contributed by atoms with Gasteiger partial charge in [-0.1, -0.05) is 26.7 Å². The lowest BCUT2D eigenvalue weighted by Crippen LogP contribution is -2.48. The number of hydrogen-bond donors (Lipinski definition) is 1. The highest BCUT2D eigenvalue weighted by molar-refractivity contribution is 5.75. The Morgan fingerprint density at radius 3 is 2.76 bits per heavy atom. The van der Waals surface area contributed by atoms with Crippen molar-refractivity contribution in [3.05, 3.63) is 0 Å². The van der Waals surface area contributed by atoms with Crippen molar-refractivity contribution < 1.29 is 9.90 Å². The van der Waals surface area contributed by atoms with E-state index in [1.54, 1.807) is 0 Å². The Balaban J connectivity index is 1.95. The van der Waals surface area contributed by atoms with Crippen molar-refractivity contribution in [3.63, 3.8) is 0 Å². The molecule has 3 unspecified atom stereocenters. The van der Waals surface area contributed by atoms with Crippen LogP contribution in [0.2, 0.25) is 0 Å². The quantitative estimate of drug-likeness (QED) is 0.818. The molecule has 122 valence electrons. The Kier molecular flexibility index (Phi) is 5.67. The van der Waals surface area contributed by atoms with Gasteiger partial charge in [-0.15, -0.1) is 0 Å². The van der Waals surface area contributed by atoms with Crippen molar-refractivity contribution in [2.24, 2.45) is 11.3 Å². The molecule has 21 heavy (non-hydrogen) atoms. The van der Waals surface area contributed by atoms with Crippen LogP contribution >= 0.6 is 0 Å². The van der Waals surface area contributed by atoms with E-state index in [2.05, 4.69) is 30.7 Å². The zero-order valence-corrected chi connectivity index (χ0v) is 14.0. The molecule has 0 amide bonds. The van der Waals surface area contributed by atoms with Gasteiger partial charge in [0, 0.05) is 19.1 Å². The van der Waals surface area contributed by atoms with Crippen LogP contribution in [0.1, 0.15) is 52.4 Å². The first kappa shape index (κ1) is 16.8. The number of carboxylic acids is 1. The molecule has 4 heteroatoms. The van der Waals surface area contributed by atoms with E-state index < -0.39 is 11.4 Å². The molecule has 0 radical (unpaired) electrons. The first-order valence-corrected chi connectivity index (χ1v) is 8.63. The van der Waals surface area contributed by atoms with E-state index >= 15 is 0 Å². The van der Waals surface area contributed by atoms with Crippen LogP contribution in [0.5, 0.6) is 0 Å². The molecule has 1 saturated carbocycles. The van der Waals surface area contributed by atoms with Crippen LogP contribution in [-0.2, 0) is 4.79 Å². The van der Waals surface area contributed by atoms with Gasteiger partial charge in [-0.3, -0.25) is 9.69 Å². The van der Waals surface area contributed by atoms with E-state index in [0.29, 0.717) is 18.5 Å². The van der Waals surface area contributed by atoms with E-state index in [9.17, 15) is 9.90 Å². The van der Waals surface area contributed by atoms with Crippen LogP contribution in [0.4, 0.5) is 0 Å². The van der Waals surface area contributed by atoms with E-state index in [-0.39, 0.29) is 0 Å². The normalized spacial score (nSPS) is 34.5. The second-order valence-corrected chi connectivity index (χ2v) is 7.41. The number of aliphatic carboxylic acids is 1. The average Bonchev–Trinajstić information content (AvgIpc) is 2.85. The second kappa shape index (κ2) is 7.10. The highest BCUT2D eigenvalue weighted by atomic mass is 16.4. The standard InChI is InChI=1S/C17H32N2O2/c1-4-19-10-6-8-15(19)12-18(3)13-17(16(20)21)9-5-7-14(2)11-17/h14-15H,4-13H2,1-3H3,(H,20,21). The van der Waals surface area contributed by atoms with Crippen molar-refractivity contribution in [1.82, 2.24) is 9.80 Å². The predicted molar refractivity (Wildman–Crippen MR) is 85.5 cm³/mol. The smallest absolute Gasteiger partial charge is 0.310 e. The molecule has 1 N–H and O–H groups in total. The summed E-state index contributed by atoms with van der Waals surface area (Å²) >= 11 is 0. The third-order valence-electron chi connectivity index (χ3n) is 5.55. The van der Waals surface area contributed by atoms with Gasteiger partial charge in [0.2, 0.25) is 0 Å². The number of carboxylic acid groups (broad SMARTS) is 1. The largest absolute Gasteiger partial charge is 0.481 e. The van der Waals surface area contributed by atoms with Crippen molar-refractivity contribution in [3.8, 4) is 0 Å². The predicted octanol–water partition coefficient (Wildman–Crippen LogP) is 2.68. The van der Waals surface area contributed by atoms with Crippen molar-refractivity contribution in [2.45, 2.75) is 58.4 Å². The summed E-state index contributed by atoms with van der Waals surface area (Å²) in [6, 6.07) is 0.617. The van der Waals surface area contributed by atoms with E-state index in [1.807, 2.05) is 0 Å². The fourth-order valence-corrected chi connectivity index (χ4v) is 4.52. The number of likely N-dealkylation sites (tertiary alicyclic amines) is 1. The number of likely N-dealkylation sites (N-methyl/N-ethyl adjacent to an activating group) is 2. The molecule has 0 aromatic heterocycles. The second-order valence-electron chi connectivity index (χ2n) is 7.41. The van der Waals surface area contributed by atoms with Gasteiger partial charge in [0.1, 0.15) is 0 Å². The Morgan fingerprint density at radius 2 is 2.14 bits per heavy atom. The first-order valence-electron chi connectivity index (χ1n) is 8.63. The molecule has 1 aliphatic carbocycles. The SMILES string of the molecule is CCN1CCCC1CN(C)CC1(C(=O)O)CCCC(C)C1. The Morgan fingerprint density at radius 1 is 1.38 bits per heavy atom. The summed E-state index contributed by atoms with van der Waals surface area (Å²) in [5.74, 6) is -0.0402. The fraction of sp³-hybridized carbons (Fsp3) is 0.941. The molecule has 1 saturated heterocycles. The monoisotopic (exact) mass is 296 g/mol. The average molecular weight is 296 g/mol. The summed E-state index contributed by atoms with van der Waals surface area (Å²) in [7, 11) is 2.11. The molecule has 2 rings (SSSR count). The van der Waals surface area contributed by atoms with Crippen LogP contribution in [0.3, 0.4) is 0 Å². The van der Waals surface area contributed by atoms with Crippen molar-refractivity contribution >= 4 is 5.97 Å². The molecule has 0 bridgehead atoms. The zero-order chi connectivity index (χ0) is 15.5. The number of carbonyl (C=O) groups is 1. The van der Waals surface area contributed by atoms with Gasteiger partial charge >= 0.3 is 5.97 Å². The van der Waals surface area contributed by atoms with Gasteiger partial charge in [0.15, 0.2) is 0 Å². The molecule has 2 aliphatic rings. The van der Waals surface area contributed by atoms with Crippen molar-refractivity contribution in [1.29, 1.82) is 0 Å². The zero-order valence-electron chi connectivity index (χ0n) is 14.0. The molecule has 0 spiro atoms. The third kappa shape index (κ3) is 3.98. The van der Waals surface area contributed by atoms with E-state index in [1.165, 1.54) is 25.8 Å². The fourth-order valence-electron chi connectivity index (χ4n) is 4.52. The summed E-state index contributed by atoms with van der Waals surface area (Å²) < 4.78 is 0. The van der Waals surface area contributed by atoms with Gasteiger partial charge in [-0.05, 0) is 51.7 Å². The van der Waals surface area contributed by atoms with Gasteiger partial charge in [0.25, 0.3) is 0 Å². The lowest BCUT2D eigenvalue weighted by atomic mass is 9.69. The third-order valence-corrected chi connectivity index (χ3v) is 5.55. The first-order chi connectivity index (χ1) is 9.97. The number of nitrogens with zero attached hydrogens (tertiary/aromatic N) is 2. The number of rotatable bonds is 6.